The highest BCUT2D eigenvalue weighted by atomic mass is 19.1. The standard InChI is InChI=1S/C19H18FN7O2/c1-9-12-6-11(20)3-4-13(12)26-19(28)27-18(23)16(14(7-21)24-2)10-5-15(29-9)17(22)25-8-10/h3-6,8-9,24H,1-2H3,(H2,22,25)(H3,23,26,27,28)/b16-14-/t9-/m1/s1. The quantitative estimate of drug-likeness (QED) is 0.541. The van der Waals surface area contributed by atoms with Crippen molar-refractivity contribution in [1.82, 2.24) is 10.3 Å². The van der Waals surface area contributed by atoms with Crippen molar-refractivity contribution >= 4 is 28.9 Å². The van der Waals surface area contributed by atoms with Crippen molar-refractivity contribution in [3.63, 3.8) is 0 Å². The van der Waals surface area contributed by atoms with Gasteiger partial charge >= 0.3 is 6.03 Å². The number of aliphatic imine (C=N–C) groups is 1. The molecule has 3 rings (SSSR count). The van der Waals surface area contributed by atoms with E-state index in [0.717, 1.165) is 0 Å². The van der Waals surface area contributed by atoms with Crippen molar-refractivity contribution in [3.8, 4) is 11.8 Å². The molecular weight excluding hydrogens is 377 g/mol. The van der Waals surface area contributed by atoms with Gasteiger partial charge in [0.25, 0.3) is 0 Å². The number of allylic oxidation sites excluding steroid dienone is 1. The minimum absolute atomic E-state index is 0.0733. The molecule has 0 fully saturated rings. The van der Waals surface area contributed by atoms with Crippen LogP contribution in [0.15, 0.2) is 41.2 Å². The minimum atomic E-state index is -0.794. The van der Waals surface area contributed by atoms with Crippen molar-refractivity contribution in [1.29, 1.82) is 5.26 Å². The van der Waals surface area contributed by atoms with Gasteiger partial charge < -0.3 is 26.8 Å². The van der Waals surface area contributed by atoms with Crippen molar-refractivity contribution < 1.29 is 13.9 Å². The number of nitriles is 1. The Balaban J connectivity index is 2.28. The molecule has 1 aliphatic heterocycles. The van der Waals surface area contributed by atoms with Crippen LogP contribution in [0.2, 0.25) is 0 Å². The van der Waals surface area contributed by atoms with Crippen LogP contribution in [0.3, 0.4) is 0 Å². The van der Waals surface area contributed by atoms with E-state index in [9.17, 15) is 14.4 Å². The molecule has 10 heteroatoms. The van der Waals surface area contributed by atoms with Crippen molar-refractivity contribution in [3.05, 3.63) is 53.1 Å². The number of benzene rings is 1. The average molecular weight is 395 g/mol. The molecule has 6 N–H and O–H groups in total. The summed E-state index contributed by atoms with van der Waals surface area (Å²) in [5.74, 6) is -0.419. The molecular formula is C19H18FN7O2. The molecule has 0 aliphatic carbocycles. The number of anilines is 2. The number of halogens is 1. The first-order valence-corrected chi connectivity index (χ1v) is 8.53. The van der Waals surface area contributed by atoms with Crippen LogP contribution in [-0.2, 0) is 0 Å². The van der Waals surface area contributed by atoms with Crippen LogP contribution >= 0.6 is 0 Å². The Kier molecular flexibility index (Phi) is 5.32. The lowest BCUT2D eigenvalue weighted by molar-refractivity contribution is 0.227. The highest BCUT2D eigenvalue weighted by Crippen LogP contribution is 2.33. The maximum Gasteiger partial charge on any atom is 0.347 e. The zero-order chi connectivity index (χ0) is 21.1. The molecule has 0 radical (unpaired) electrons. The fraction of sp³-hybridized carbons (Fsp3) is 0.158. The van der Waals surface area contributed by atoms with E-state index in [1.165, 1.54) is 37.5 Å². The summed E-state index contributed by atoms with van der Waals surface area (Å²) in [5, 5.41) is 14.7. The SMILES string of the molecule is CN/C(C#N)=C1\C(N)=N\C(=O)Nc2ccc(F)cc2[C@@H](C)Oc2cc1cnc2N. The number of amidine groups is 1. The van der Waals surface area contributed by atoms with Gasteiger partial charge in [-0.25, -0.2) is 14.2 Å². The number of carbonyl (C=O) groups is 1. The number of amides is 2. The Labute approximate surface area is 165 Å². The lowest BCUT2D eigenvalue weighted by Crippen LogP contribution is -2.23. The Bertz CT molecular complexity index is 1090. The van der Waals surface area contributed by atoms with Crippen LogP contribution < -0.4 is 26.8 Å². The second-order valence-corrected chi connectivity index (χ2v) is 6.14. The summed E-state index contributed by atoms with van der Waals surface area (Å²) >= 11 is 0. The van der Waals surface area contributed by atoms with Gasteiger partial charge in [0.05, 0.1) is 5.57 Å². The molecule has 0 spiro atoms. The zero-order valence-corrected chi connectivity index (χ0v) is 15.7. The fourth-order valence-corrected chi connectivity index (χ4v) is 2.89. The number of aromatic nitrogens is 1. The van der Waals surface area contributed by atoms with E-state index in [4.69, 9.17) is 16.2 Å². The number of carbonyl (C=O) groups excluding carboxylic acids is 1. The van der Waals surface area contributed by atoms with Gasteiger partial charge in [-0.1, -0.05) is 0 Å². The molecule has 0 saturated carbocycles. The van der Waals surface area contributed by atoms with Gasteiger partial charge in [-0.15, -0.1) is 0 Å². The Hall–Kier alpha value is -4.13. The summed E-state index contributed by atoms with van der Waals surface area (Å²) in [5.41, 5.74) is 13.2. The second kappa shape index (κ2) is 7.85. The molecule has 1 aliphatic rings. The minimum Gasteiger partial charge on any atom is -0.482 e. The molecule has 29 heavy (non-hydrogen) atoms. The lowest BCUT2D eigenvalue weighted by Gasteiger charge is -2.21. The van der Waals surface area contributed by atoms with Crippen LogP contribution in [0, 0.1) is 17.1 Å². The van der Waals surface area contributed by atoms with Gasteiger partial charge in [0.2, 0.25) is 0 Å². The number of ether oxygens (including phenoxy) is 1. The highest BCUT2D eigenvalue weighted by molar-refractivity contribution is 6.26. The van der Waals surface area contributed by atoms with E-state index in [1.807, 2.05) is 6.07 Å². The number of nitrogen functional groups attached to an aromatic ring is 1. The number of nitrogens with two attached hydrogens (primary N) is 2. The third-order valence-corrected chi connectivity index (χ3v) is 4.26. The molecule has 2 aromatic rings. The maximum atomic E-state index is 13.8. The highest BCUT2D eigenvalue weighted by Gasteiger charge is 2.21. The van der Waals surface area contributed by atoms with E-state index >= 15 is 0 Å². The fourth-order valence-electron chi connectivity index (χ4n) is 2.89. The largest absolute Gasteiger partial charge is 0.482 e. The number of hydrogen-bond donors (Lipinski definition) is 4. The third-order valence-electron chi connectivity index (χ3n) is 4.26. The normalized spacial score (nSPS) is 19.7. The molecule has 0 unspecified atom stereocenters. The Morgan fingerprint density at radius 3 is 2.83 bits per heavy atom. The van der Waals surface area contributed by atoms with Crippen molar-refractivity contribution in [2.24, 2.45) is 10.7 Å². The Morgan fingerprint density at radius 2 is 2.14 bits per heavy atom. The number of urea groups is 1. The van der Waals surface area contributed by atoms with Crippen LogP contribution in [0.4, 0.5) is 20.7 Å². The molecule has 0 saturated heterocycles. The molecule has 1 aromatic heterocycles. The summed E-state index contributed by atoms with van der Waals surface area (Å²) in [6, 6.07) is 6.54. The summed E-state index contributed by atoms with van der Waals surface area (Å²) < 4.78 is 19.7. The monoisotopic (exact) mass is 395 g/mol. The average Bonchev–Trinajstić information content (AvgIpc) is 2.68. The molecule has 1 atom stereocenters. The molecule has 1 aromatic carbocycles. The summed E-state index contributed by atoms with van der Waals surface area (Å²) in [6.07, 6.45) is 0.699. The first-order chi connectivity index (χ1) is 13.8. The summed E-state index contributed by atoms with van der Waals surface area (Å²) in [6.45, 7) is 1.67. The van der Waals surface area contributed by atoms with Crippen LogP contribution in [0.25, 0.3) is 5.57 Å². The number of fused-ring (bicyclic) bond motifs is 3. The third kappa shape index (κ3) is 3.93. The van der Waals surface area contributed by atoms with Gasteiger partial charge in [0, 0.05) is 30.1 Å². The van der Waals surface area contributed by atoms with Crippen molar-refractivity contribution in [2.75, 3.05) is 18.1 Å². The molecule has 9 nitrogen and oxygen atoms in total. The topological polar surface area (TPSA) is 151 Å². The van der Waals surface area contributed by atoms with E-state index in [-0.39, 0.29) is 28.7 Å². The summed E-state index contributed by atoms with van der Waals surface area (Å²) in [7, 11) is 1.53. The predicted octanol–water partition coefficient (Wildman–Crippen LogP) is 2.30. The summed E-state index contributed by atoms with van der Waals surface area (Å²) in [4.78, 5) is 20.3. The Morgan fingerprint density at radius 1 is 1.38 bits per heavy atom. The molecule has 2 amide bonds. The number of hydrogen-bond acceptors (Lipinski definition) is 7. The van der Waals surface area contributed by atoms with Gasteiger partial charge in [-0.2, -0.15) is 10.3 Å². The first-order valence-electron chi connectivity index (χ1n) is 8.53. The van der Waals surface area contributed by atoms with E-state index < -0.39 is 18.0 Å². The second-order valence-electron chi connectivity index (χ2n) is 6.14. The van der Waals surface area contributed by atoms with Gasteiger partial charge in [-0.3, -0.25) is 0 Å². The van der Waals surface area contributed by atoms with Crippen LogP contribution in [0.5, 0.6) is 5.75 Å². The van der Waals surface area contributed by atoms with Gasteiger partial charge in [0.1, 0.15) is 29.5 Å². The molecule has 2 heterocycles. The van der Waals surface area contributed by atoms with Crippen LogP contribution in [0.1, 0.15) is 24.2 Å². The van der Waals surface area contributed by atoms with E-state index in [1.54, 1.807) is 6.92 Å². The van der Waals surface area contributed by atoms with E-state index in [2.05, 4.69) is 20.6 Å². The lowest BCUT2D eigenvalue weighted by atomic mass is 10.0. The van der Waals surface area contributed by atoms with Crippen molar-refractivity contribution in [2.45, 2.75) is 13.0 Å². The maximum absolute atomic E-state index is 13.8. The number of nitrogens with one attached hydrogen (secondary N) is 2. The predicted molar refractivity (Wildman–Crippen MR) is 106 cm³/mol. The number of rotatable bonds is 1. The molecule has 2 bridgehead atoms. The van der Waals surface area contributed by atoms with Crippen LogP contribution in [-0.4, -0.2) is 23.9 Å². The smallest absolute Gasteiger partial charge is 0.347 e. The molecule has 148 valence electrons. The first kappa shape index (κ1) is 19.6. The zero-order valence-electron chi connectivity index (χ0n) is 15.7. The van der Waals surface area contributed by atoms with E-state index in [0.29, 0.717) is 16.8 Å². The van der Waals surface area contributed by atoms with Gasteiger partial charge in [-0.05, 0) is 31.2 Å². The van der Waals surface area contributed by atoms with Gasteiger partial charge in [0.15, 0.2) is 11.6 Å². The number of pyridine rings is 1. The number of nitrogens with zero attached hydrogens (tertiary/aromatic N) is 3.